The molecule has 29 heavy (non-hydrogen) atoms. The Balaban J connectivity index is 1.50. The molecule has 0 fully saturated rings. The zero-order chi connectivity index (χ0) is 20.4. The molecular weight excluding hydrogens is 385 g/mol. The monoisotopic (exact) mass is 405 g/mol. The molecule has 7 nitrogen and oxygen atoms in total. The van der Waals surface area contributed by atoms with E-state index in [1.165, 1.54) is 11.1 Å². The van der Waals surface area contributed by atoms with Crippen molar-refractivity contribution in [3.8, 4) is 0 Å². The average Bonchev–Trinajstić information content (AvgIpc) is 3.13. The fourth-order valence-corrected chi connectivity index (χ4v) is 3.57. The second-order valence-corrected chi connectivity index (χ2v) is 6.90. The van der Waals surface area contributed by atoms with E-state index in [2.05, 4.69) is 26.4 Å². The zero-order valence-electron chi connectivity index (χ0n) is 15.6. The van der Waals surface area contributed by atoms with Crippen molar-refractivity contribution >= 4 is 17.6 Å². The van der Waals surface area contributed by atoms with Crippen LogP contribution in [0.25, 0.3) is 0 Å². The van der Waals surface area contributed by atoms with Gasteiger partial charge in [-0.2, -0.15) is 5.01 Å². The van der Waals surface area contributed by atoms with E-state index in [9.17, 15) is 18.0 Å². The lowest BCUT2D eigenvalue weighted by Crippen LogP contribution is -2.71. The second kappa shape index (κ2) is 8.08. The number of amides is 1. The highest BCUT2D eigenvalue weighted by Gasteiger charge is 2.29. The summed E-state index contributed by atoms with van der Waals surface area (Å²) < 4.78 is 42.8. The Kier molecular flexibility index (Phi) is 5.35. The van der Waals surface area contributed by atoms with Gasteiger partial charge in [-0.3, -0.25) is 4.79 Å². The quantitative estimate of drug-likeness (QED) is 0.785. The van der Waals surface area contributed by atoms with Gasteiger partial charge in [-0.1, -0.05) is 6.07 Å². The van der Waals surface area contributed by atoms with Crippen LogP contribution in [-0.2, 0) is 19.5 Å². The Hall–Kier alpha value is -3.13. The maximum absolute atomic E-state index is 14.5. The van der Waals surface area contributed by atoms with E-state index in [0.717, 1.165) is 12.8 Å². The van der Waals surface area contributed by atoms with Crippen LogP contribution >= 0.6 is 0 Å². The molecule has 0 atom stereocenters. The van der Waals surface area contributed by atoms with Gasteiger partial charge in [-0.25, -0.2) is 23.1 Å². The SMILES string of the molecule is O=C(NCc1ccc(N2CC[NH+]=C=N2)c(F)c1)c1c(C(F)F)nc2n1CCCC2. The molecule has 2 aliphatic heterocycles. The Bertz CT molecular complexity index is 996. The molecule has 0 spiro atoms. The summed E-state index contributed by atoms with van der Waals surface area (Å²) in [5, 5.41) is 8.05. The third-order valence-electron chi connectivity index (χ3n) is 4.97. The number of hydrazone groups is 1. The highest BCUT2D eigenvalue weighted by molar-refractivity contribution is 5.94. The highest BCUT2D eigenvalue weighted by Crippen LogP contribution is 2.27. The molecule has 0 radical (unpaired) electrons. The van der Waals surface area contributed by atoms with Crippen molar-refractivity contribution in [2.75, 3.05) is 18.1 Å². The van der Waals surface area contributed by atoms with E-state index >= 15 is 0 Å². The van der Waals surface area contributed by atoms with E-state index in [1.54, 1.807) is 16.7 Å². The minimum Gasteiger partial charge on any atom is -0.347 e. The first kappa shape index (κ1) is 19.2. The van der Waals surface area contributed by atoms with Gasteiger partial charge in [0.2, 0.25) is 0 Å². The number of nitrogens with one attached hydrogen (secondary N) is 2. The minimum atomic E-state index is -2.83. The molecule has 0 aliphatic carbocycles. The van der Waals surface area contributed by atoms with Crippen molar-refractivity contribution in [3.05, 3.63) is 46.8 Å². The molecule has 0 bridgehead atoms. The largest absolute Gasteiger partial charge is 0.347 e. The van der Waals surface area contributed by atoms with Crippen LogP contribution in [0, 0.1) is 5.82 Å². The van der Waals surface area contributed by atoms with Crippen LogP contribution in [0.4, 0.5) is 18.9 Å². The lowest BCUT2D eigenvalue weighted by Gasteiger charge is -2.16. The van der Waals surface area contributed by atoms with E-state index < -0.39 is 23.8 Å². The third kappa shape index (κ3) is 3.88. The van der Waals surface area contributed by atoms with Crippen molar-refractivity contribution in [1.82, 2.24) is 14.9 Å². The number of halogens is 3. The van der Waals surface area contributed by atoms with Crippen molar-refractivity contribution in [2.24, 2.45) is 5.10 Å². The van der Waals surface area contributed by atoms with Gasteiger partial charge in [0, 0.05) is 19.5 Å². The predicted molar refractivity (Wildman–Crippen MR) is 98.3 cm³/mol. The van der Waals surface area contributed by atoms with Crippen LogP contribution in [-0.4, -0.2) is 34.6 Å². The first-order chi connectivity index (χ1) is 14.0. The van der Waals surface area contributed by atoms with Crippen molar-refractivity contribution < 1.29 is 23.0 Å². The molecule has 2 aromatic rings. The number of imidazole rings is 1. The first-order valence-electron chi connectivity index (χ1n) is 9.44. The Morgan fingerprint density at radius 3 is 2.90 bits per heavy atom. The highest BCUT2D eigenvalue weighted by atomic mass is 19.3. The number of hydrogen-bond donors (Lipinski definition) is 2. The van der Waals surface area contributed by atoms with E-state index in [0.29, 0.717) is 43.1 Å². The Morgan fingerprint density at radius 2 is 2.17 bits per heavy atom. The maximum Gasteiger partial charge on any atom is 0.336 e. The number of carbonyl (C=O) groups is 1. The number of hydrogen-bond acceptors (Lipinski definition) is 4. The smallest absolute Gasteiger partial charge is 0.336 e. The lowest BCUT2D eigenvalue weighted by atomic mass is 10.1. The molecule has 2 aliphatic rings. The average molecular weight is 405 g/mol. The number of benzene rings is 1. The van der Waals surface area contributed by atoms with Crippen LogP contribution in [0.1, 0.15) is 46.8 Å². The van der Waals surface area contributed by atoms with Gasteiger partial charge in [0.15, 0.2) is 5.82 Å². The molecule has 1 amide bonds. The van der Waals surface area contributed by atoms with Crippen molar-refractivity contribution in [2.45, 2.75) is 38.8 Å². The first-order valence-corrected chi connectivity index (χ1v) is 9.44. The van der Waals surface area contributed by atoms with Gasteiger partial charge in [0.1, 0.15) is 41.1 Å². The molecule has 10 heteroatoms. The predicted octanol–water partition coefficient (Wildman–Crippen LogP) is 1.22. The molecule has 0 unspecified atom stereocenters. The van der Waals surface area contributed by atoms with Crippen LogP contribution in [0.15, 0.2) is 23.3 Å². The van der Waals surface area contributed by atoms with Crippen LogP contribution in [0.5, 0.6) is 0 Å². The lowest BCUT2D eigenvalue weighted by molar-refractivity contribution is -0.449. The third-order valence-corrected chi connectivity index (χ3v) is 4.97. The molecule has 4 rings (SSSR count). The standard InChI is InChI=1S/C19H19F3N6O/c20-13-9-12(4-5-14(13)28-8-6-23-11-25-28)10-24-19(29)17-16(18(21)22)26-15-3-1-2-7-27(15)17/h4-5,9,18H,1-3,6-8,10H2,(H,24,29)/p+1. The fourth-order valence-electron chi connectivity index (χ4n) is 3.57. The summed E-state index contributed by atoms with van der Waals surface area (Å²) in [4.78, 5) is 19.4. The van der Waals surface area contributed by atoms with Crippen LogP contribution in [0.2, 0.25) is 0 Å². The summed E-state index contributed by atoms with van der Waals surface area (Å²) in [6, 6.07) is 7.11. The molecular formula is C19H20F3N6O+. The maximum atomic E-state index is 14.5. The Morgan fingerprint density at radius 1 is 1.31 bits per heavy atom. The van der Waals surface area contributed by atoms with Gasteiger partial charge in [-0.15, -0.1) is 0 Å². The molecule has 2 N–H and O–H groups in total. The Labute approximate surface area is 164 Å². The molecule has 0 saturated heterocycles. The molecule has 3 heterocycles. The number of aromatic nitrogens is 2. The number of rotatable bonds is 5. The molecule has 152 valence electrons. The number of fused-ring (bicyclic) bond motifs is 1. The van der Waals surface area contributed by atoms with Gasteiger partial charge >= 0.3 is 6.01 Å². The summed E-state index contributed by atoms with van der Waals surface area (Å²) in [6.07, 6.45) is -0.584. The number of anilines is 1. The van der Waals surface area contributed by atoms with Crippen molar-refractivity contribution in [3.63, 3.8) is 0 Å². The van der Waals surface area contributed by atoms with Crippen molar-refractivity contribution in [1.29, 1.82) is 0 Å². The molecule has 1 aromatic heterocycles. The summed E-state index contributed by atoms with van der Waals surface area (Å²) in [5.41, 5.74) is 0.227. The van der Waals surface area contributed by atoms with Crippen LogP contribution in [0.3, 0.4) is 0 Å². The fraction of sp³-hybridized carbons (Fsp3) is 0.421. The van der Waals surface area contributed by atoms with Crippen LogP contribution < -0.4 is 15.3 Å². The van der Waals surface area contributed by atoms with Gasteiger partial charge in [-0.05, 0) is 30.5 Å². The summed E-state index contributed by atoms with van der Waals surface area (Å²) >= 11 is 0. The van der Waals surface area contributed by atoms with E-state index in [1.807, 2.05) is 0 Å². The number of alkyl halides is 2. The number of aryl methyl sites for hydroxylation is 1. The number of nitrogens with zero attached hydrogens (tertiary/aromatic N) is 4. The molecule has 0 saturated carbocycles. The van der Waals surface area contributed by atoms with E-state index in [-0.39, 0.29) is 12.2 Å². The zero-order valence-corrected chi connectivity index (χ0v) is 15.6. The summed E-state index contributed by atoms with van der Waals surface area (Å²) in [7, 11) is 0. The molecule has 1 aromatic carbocycles. The summed E-state index contributed by atoms with van der Waals surface area (Å²) in [5.74, 6) is -0.605. The summed E-state index contributed by atoms with van der Waals surface area (Å²) in [6.45, 7) is 1.60. The topological polar surface area (TPSA) is 76.5 Å². The van der Waals surface area contributed by atoms with E-state index in [4.69, 9.17) is 0 Å². The number of carbonyl (C=O) groups excluding carboxylic acids is 1. The normalized spacial score (nSPS) is 15.7. The second-order valence-electron chi connectivity index (χ2n) is 6.90. The van der Waals surface area contributed by atoms with Gasteiger partial charge < -0.3 is 9.88 Å². The van der Waals surface area contributed by atoms with Gasteiger partial charge in [0.05, 0.1) is 0 Å². The minimum absolute atomic E-state index is 0.0101. The van der Waals surface area contributed by atoms with Gasteiger partial charge in [0.25, 0.3) is 12.3 Å².